The second-order valence-corrected chi connectivity index (χ2v) is 10.2. The number of amides is 1. The summed E-state index contributed by atoms with van der Waals surface area (Å²) in [5.41, 5.74) is 1.04. The van der Waals surface area contributed by atoms with Gasteiger partial charge in [-0.25, -0.2) is 4.98 Å². The van der Waals surface area contributed by atoms with Crippen molar-refractivity contribution in [2.75, 3.05) is 0 Å². The molecule has 1 aliphatic carbocycles. The third-order valence-electron chi connectivity index (χ3n) is 5.45. The largest absolute Gasteiger partial charge is 0.352 e. The van der Waals surface area contributed by atoms with Gasteiger partial charge in [0.05, 0.1) is 10.6 Å². The molecule has 0 aliphatic heterocycles. The van der Waals surface area contributed by atoms with E-state index in [4.69, 9.17) is 0 Å². The quantitative estimate of drug-likeness (QED) is 0.526. The summed E-state index contributed by atoms with van der Waals surface area (Å²) in [6, 6.07) is 0.304. The molecule has 2 N–H and O–H groups in total. The van der Waals surface area contributed by atoms with Crippen LogP contribution in [-0.4, -0.2) is 27.2 Å². The van der Waals surface area contributed by atoms with E-state index in [-0.39, 0.29) is 16.7 Å². The number of thiophene rings is 1. The van der Waals surface area contributed by atoms with Gasteiger partial charge in [-0.05, 0) is 44.6 Å². The summed E-state index contributed by atoms with van der Waals surface area (Å²) in [7, 11) is 0. The Morgan fingerprint density at radius 3 is 2.74 bits per heavy atom. The summed E-state index contributed by atoms with van der Waals surface area (Å²) >= 11 is 2.90. The summed E-state index contributed by atoms with van der Waals surface area (Å²) in [6.45, 7) is 8.31. The van der Waals surface area contributed by atoms with E-state index in [1.807, 2.05) is 6.92 Å². The van der Waals surface area contributed by atoms with Gasteiger partial charge in [0.25, 0.3) is 5.56 Å². The van der Waals surface area contributed by atoms with Crippen LogP contribution in [0.1, 0.15) is 63.3 Å². The maximum absolute atomic E-state index is 12.7. The Labute approximate surface area is 168 Å². The van der Waals surface area contributed by atoms with Crippen molar-refractivity contribution in [3.63, 3.8) is 0 Å². The van der Waals surface area contributed by atoms with Crippen molar-refractivity contribution in [3.05, 3.63) is 20.8 Å². The summed E-state index contributed by atoms with van der Waals surface area (Å²) in [4.78, 5) is 34.6. The van der Waals surface area contributed by atoms with Gasteiger partial charge in [0.2, 0.25) is 5.91 Å². The molecule has 0 radical (unpaired) electrons. The highest BCUT2D eigenvalue weighted by Gasteiger charge is 2.23. The first-order valence-corrected chi connectivity index (χ1v) is 11.6. The summed E-state index contributed by atoms with van der Waals surface area (Å²) < 4.78 is 0. The Hall–Kier alpha value is -1.34. The Bertz CT molecular complexity index is 868. The lowest BCUT2D eigenvalue weighted by molar-refractivity contribution is -0.120. The second kappa shape index (κ2) is 8.78. The molecule has 0 aromatic carbocycles. The molecule has 148 valence electrons. The number of nitrogens with zero attached hydrogens (tertiary/aromatic N) is 1. The SMILES string of the molecule is CC[C@@H](C)Cc1c(C)sc2nc(S[C@@H](C)C(=O)NC3CCCC3)[nH]c(=O)c12. The predicted molar refractivity (Wildman–Crippen MR) is 114 cm³/mol. The average molecular weight is 408 g/mol. The van der Waals surface area contributed by atoms with Crippen molar-refractivity contribution >= 4 is 39.2 Å². The van der Waals surface area contributed by atoms with Gasteiger partial charge in [-0.2, -0.15) is 0 Å². The topological polar surface area (TPSA) is 74.8 Å². The first-order valence-electron chi connectivity index (χ1n) is 9.88. The van der Waals surface area contributed by atoms with E-state index in [0.29, 0.717) is 17.1 Å². The number of aromatic nitrogens is 2. The highest BCUT2D eigenvalue weighted by molar-refractivity contribution is 8.00. The number of carbonyl (C=O) groups is 1. The summed E-state index contributed by atoms with van der Waals surface area (Å²) in [5.74, 6) is 0.559. The number of aromatic amines is 1. The molecule has 0 spiro atoms. The molecule has 2 aromatic heterocycles. The normalized spacial score (nSPS) is 17.3. The Balaban J connectivity index is 1.77. The van der Waals surface area contributed by atoms with Gasteiger partial charge < -0.3 is 10.3 Å². The fourth-order valence-electron chi connectivity index (χ4n) is 3.56. The highest BCUT2D eigenvalue weighted by atomic mass is 32.2. The lowest BCUT2D eigenvalue weighted by atomic mass is 9.98. The monoisotopic (exact) mass is 407 g/mol. The average Bonchev–Trinajstić information content (AvgIpc) is 3.23. The fraction of sp³-hybridized carbons (Fsp3) is 0.650. The minimum Gasteiger partial charge on any atom is -0.352 e. The molecule has 1 aliphatic rings. The maximum Gasteiger partial charge on any atom is 0.260 e. The van der Waals surface area contributed by atoms with Crippen LogP contribution in [0.2, 0.25) is 0 Å². The van der Waals surface area contributed by atoms with Gasteiger partial charge in [-0.3, -0.25) is 9.59 Å². The van der Waals surface area contributed by atoms with Crippen molar-refractivity contribution in [1.29, 1.82) is 0 Å². The van der Waals surface area contributed by atoms with Crippen molar-refractivity contribution in [1.82, 2.24) is 15.3 Å². The molecule has 2 aromatic rings. The highest BCUT2D eigenvalue weighted by Crippen LogP contribution is 2.31. The minimum atomic E-state index is -0.285. The molecule has 27 heavy (non-hydrogen) atoms. The molecule has 1 amide bonds. The zero-order chi connectivity index (χ0) is 19.6. The molecule has 3 rings (SSSR count). The third-order valence-corrected chi connectivity index (χ3v) is 7.48. The van der Waals surface area contributed by atoms with Gasteiger partial charge in [-0.15, -0.1) is 11.3 Å². The molecule has 2 atom stereocenters. The van der Waals surface area contributed by atoms with Crippen LogP contribution < -0.4 is 10.9 Å². The molecule has 5 nitrogen and oxygen atoms in total. The van der Waals surface area contributed by atoms with Crippen LogP contribution >= 0.6 is 23.1 Å². The number of fused-ring (bicyclic) bond motifs is 1. The van der Waals surface area contributed by atoms with Crippen LogP contribution in [0.3, 0.4) is 0 Å². The standard InChI is InChI=1S/C20H29N3O2S2/c1-5-11(2)10-15-12(3)26-19-16(15)18(25)22-20(23-19)27-13(4)17(24)21-14-8-6-7-9-14/h11,13-14H,5-10H2,1-4H3,(H,21,24)(H,22,23,25)/t11-,13+/m1/s1. The number of carbonyl (C=O) groups excluding carboxylic acids is 1. The van der Waals surface area contributed by atoms with Crippen LogP contribution in [0, 0.1) is 12.8 Å². The smallest absolute Gasteiger partial charge is 0.260 e. The van der Waals surface area contributed by atoms with Crippen LogP contribution in [0.25, 0.3) is 10.2 Å². The van der Waals surface area contributed by atoms with E-state index >= 15 is 0 Å². The summed E-state index contributed by atoms with van der Waals surface area (Å²) in [6.07, 6.45) is 6.50. The van der Waals surface area contributed by atoms with E-state index in [2.05, 4.69) is 36.1 Å². The number of nitrogens with one attached hydrogen (secondary N) is 2. The zero-order valence-electron chi connectivity index (χ0n) is 16.6. The molecule has 0 unspecified atom stereocenters. The zero-order valence-corrected chi connectivity index (χ0v) is 18.2. The van der Waals surface area contributed by atoms with Crippen LogP contribution in [0.4, 0.5) is 0 Å². The van der Waals surface area contributed by atoms with Crippen LogP contribution in [-0.2, 0) is 11.2 Å². The number of hydrogen-bond donors (Lipinski definition) is 2. The molecule has 0 bridgehead atoms. The number of hydrogen-bond acceptors (Lipinski definition) is 5. The number of rotatable bonds is 7. The van der Waals surface area contributed by atoms with Gasteiger partial charge in [0.1, 0.15) is 4.83 Å². The van der Waals surface area contributed by atoms with Crippen LogP contribution in [0.5, 0.6) is 0 Å². The Kier molecular flexibility index (Phi) is 6.63. The molecule has 1 fully saturated rings. The Morgan fingerprint density at radius 2 is 2.07 bits per heavy atom. The fourth-order valence-corrected chi connectivity index (χ4v) is 5.48. The lowest BCUT2D eigenvalue weighted by Crippen LogP contribution is -2.37. The molecule has 2 heterocycles. The van der Waals surface area contributed by atoms with E-state index in [1.54, 1.807) is 11.3 Å². The van der Waals surface area contributed by atoms with Crippen LogP contribution in [0.15, 0.2) is 9.95 Å². The van der Waals surface area contributed by atoms with E-state index in [1.165, 1.54) is 24.6 Å². The molecule has 1 saturated carbocycles. The first kappa shape index (κ1) is 20.4. The van der Waals surface area contributed by atoms with Gasteiger partial charge in [0.15, 0.2) is 5.16 Å². The molecule has 0 saturated heterocycles. The molecule has 7 heteroatoms. The summed E-state index contributed by atoms with van der Waals surface area (Å²) in [5, 5.41) is 4.08. The number of thioether (sulfide) groups is 1. The van der Waals surface area contributed by atoms with E-state index < -0.39 is 0 Å². The number of H-pyrrole nitrogens is 1. The molecular formula is C20H29N3O2S2. The van der Waals surface area contributed by atoms with Gasteiger partial charge in [-0.1, -0.05) is 44.9 Å². The maximum atomic E-state index is 12.7. The van der Waals surface area contributed by atoms with Crippen molar-refractivity contribution < 1.29 is 4.79 Å². The predicted octanol–water partition coefficient (Wildman–Crippen LogP) is 4.42. The van der Waals surface area contributed by atoms with Crippen molar-refractivity contribution in [3.8, 4) is 0 Å². The van der Waals surface area contributed by atoms with Crippen molar-refractivity contribution in [2.24, 2.45) is 5.92 Å². The second-order valence-electron chi connectivity index (χ2n) is 7.66. The minimum absolute atomic E-state index is 0.0227. The number of aryl methyl sites for hydroxylation is 1. The Morgan fingerprint density at radius 1 is 1.37 bits per heavy atom. The third kappa shape index (κ3) is 4.74. The van der Waals surface area contributed by atoms with E-state index in [0.717, 1.165) is 46.3 Å². The first-order chi connectivity index (χ1) is 12.9. The lowest BCUT2D eigenvalue weighted by Gasteiger charge is -2.15. The van der Waals surface area contributed by atoms with Gasteiger partial charge in [0, 0.05) is 10.9 Å². The van der Waals surface area contributed by atoms with Crippen molar-refractivity contribution in [2.45, 2.75) is 82.7 Å². The molecular weight excluding hydrogens is 378 g/mol. The van der Waals surface area contributed by atoms with E-state index in [9.17, 15) is 9.59 Å². The van der Waals surface area contributed by atoms with Gasteiger partial charge >= 0.3 is 0 Å².